The van der Waals surface area contributed by atoms with Gasteiger partial charge in [-0.3, -0.25) is 14.4 Å². The molecule has 1 aromatic carbocycles. The number of H-pyrrole nitrogens is 1. The predicted octanol–water partition coefficient (Wildman–Crippen LogP) is 5.04. The Kier molecular flexibility index (Phi) is 13.3. The molecule has 3 atom stereocenters. The van der Waals surface area contributed by atoms with E-state index in [1.54, 1.807) is 6.08 Å². The monoisotopic (exact) mass is 689 g/mol. The molecule has 3 heterocycles. The molecule has 0 saturated heterocycles. The van der Waals surface area contributed by atoms with Gasteiger partial charge in [-0.15, -0.1) is 4.52 Å². The van der Waals surface area contributed by atoms with Gasteiger partial charge in [0.15, 0.2) is 0 Å². The highest BCUT2D eigenvalue weighted by Crippen LogP contribution is 2.34. The minimum Gasteiger partial charge on any atom is -0.396 e. The van der Waals surface area contributed by atoms with Crippen molar-refractivity contribution < 1.29 is 42.9 Å². The van der Waals surface area contributed by atoms with Gasteiger partial charge in [0.1, 0.15) is 18.5 Å². The van der Waals surface area contributed by atoms with Crippen LogP contribution in [0.1, 0.15) is 59.3 Å². The average molecular weight is 690 g/mol. The summed E-state index contributed by atoms with van der Waals surface area (Å²) in [6.07, 6.45) is 4.37. The number of nitrogens with one attached hydrogen (secondary N) is 4. The van der Waals surface area contributed by atoms with Crippen LogP contribution < -0.4 is 16.0 Å². The van der Waals surface area contributed by atoms with E-state index >= 15 is 0 Å². The summed E-state index contributed by atoms with van der Waals surface area (Å²) in [4.78, 5) is 42.1. The van der Waals surface area contributed by atoms with Crippen LogP contribution in [0.5, 0.6) is 0 Å². The molecule has 1 aliphatic heterocycles. The number of rotatable bonds is 18. The molecule has 47 heavy (non-hydrogen) atoms. The number of amides is 3. The molecule has 3 amide bonds. The van der Waals surface area contributed by atoms with Gasteiger partial charge in [0.2, 0.25) is 11.8 Å². The number of fused-ring (bicyclic) bond motifs is 1. The van der Waals surface area contributed by atoms with Crippen molar-refractivity contribution in [2.24, 2.45) is 5.92 Å². The zero-order valence-corrected chi connectivity index (χ0v) is 27.8. The second-order valence-electron chi connectivity index (χ2n) is 11.4. The van der Waals surface area contributed by atoms with E-state index in [1.807, 2.05) is 30.7 Å². The van der Waals surface area contributed by atoms with Crippen LogP contribution in [0.2, 0.25) is 0 Å². The van der Waals surface area contributed by atoms with Gasteiger partial charge >= 0.3 is 8.25 Å². The first kappa shape index (κ1) is 36.1. The fraction of sp³-hybridized carbons (Fsp3) is 0.406. The summed E-state index contributed by atoms with van der Waals surface area (Å²) in [5, 5.41) is 30.2. The van der Waals surface area contributed by atoms with Crippen LogP contribution in [0.4, 0.5) is 10.1 Å². The largest absolute Gasteiger partial charge is 0.728 e. The maximum absolute atomic E-state index is 13.9. The molecule has 0 aliphatic carbocycles. The van der Waals surface area contributed by atoms with E-state index in [0.717, 1.165) is 22.4 Å². The van der Waals surface area contributed by atoms with Crippen LogP contribution in [0.15, 0.2) is 35.0 Å². The van der Waals surface area contributed by atoms with E-state index in [9.17, 15) is 28.4 Å². The van der Waals surface area contributed by atoms with Crippen molar-refractivity contribution in [3.05, 3.63) is 74.5 Å². The topological polar surface area (TPSA) is 179 Å². The Balaban J connectivity index is 1.32. The number of aromatic nitrogens is 1. The summed E-state index contributed by atoms with van der Waals surface area (Å²) < 4.78 is 33.3. The van der Waals surface area contributed by atoms with E-state index in [0.29, 0.717) is 61.2 Å². The number of thiophene rings is 1. The number of aliphatic hydroxyl groups is 1. The molecule has 4 rings (SSSR count). The van der Waals surface area contributed by atoms with Gasteiger partial charge < -0.3 is 26.0 Å². The number of hydrogen-bond acceptors (Lipinski definition) is 9. The Morgan fingerprint density at radius 3 is 2.74 bits per heavy atom. The first-order chi connectivity index (χ1) is 22.6. The smallest absolute Gasteiger partial charge is 0.396 e. The lowest BCUT2D eigenvalue weighted by Crippen LogP contribution is -2.48. The van der Waals surface area contributed by atoms with Gasteiger partial charge in [0.25, 0.3) is 5.91 Å². The maximum atomic E-state index is 13.9. The van der Waals surface area contributed by atoms with Crippen molar-refractivity contribution >= 4 is 54.6 Å². The Hall–Kier alpha value is -3.78. The molecule has 0 radical (unpaired) electrons. The highest BCUT2D eigenvalue weighted by Gasteiger charge is 2.26. The minimum absolute atomic E-state index is 0.0405. The van der Waals surface area contributed by atoms with Crippen molar-refractivity contribution in [3.63, 3.8) is 0 Å². The molecule has 3 unspecified atom stereocenters. The lowest BCUT2D eigenvalue weighted by Gasteiger charge is -2.18. The molecular weight excluding hydrogens is 650 g/mol. The number of carbonyl (C=O) groups excluding carboxylic acids is 3. The van der Waals surface area contributed by atoms with Gasteiger partial charge in [-0.2, -0.15) is 11.3 Å². The van der Waals surface area contributed by atoms with Crippen LogP contribution in [-0.4, -0.2) is 58.9 Å². The summed E-state index contributed by atoms with van der Waals surface area (Å²) >= 11 is 1.50. The molecule has 15 heteroatoms. The minimum atomic E-state index is -2.63. The SMILES string of the molecule is Cc1[nH]c(C=C2C(=O)Nc3ccc(F)cc32)c(C)c1CCC(=O)NC(Cc1ccsc1)C(=O)NCCCCC(CO)CO[P+](=O)OO. The fourth-order valence-electron chi connectivity index (χ4n) is 5.45. The molecule has 252 valence electrons. The van der Waals surface area contributed by atoms with Crippen molar-refractivity contribution in [1.82, 2.24) is 15.6 Å². The standard InChI is InChI=1S/C32H38FN4O8PS/c1-19-24(20(2)35-28(19)15-26-25-14-23(33)6-8-27(25)37-31(26)40)7-9-30(39)36-29(13-21-10-12-47-18-21)32(41)34-11-4-3-5-22(16-38)17-44-46(43)45-42/h6,8,10,12,14-15,18,22,29,35,38H,3-5,7,9,11,13,16-17H2,1-2H3,(H3-,34,36,37,39,40,41,42)/p+1. The van der Waals surface area contributed by atoms with Crippen molar-refractivity contribution in [3.8, 4) is 0 Å². The van der Waals surface area contributed by atoms with E-state index in [4.69, 9.17) is 9.78 Å². The Morgan fingerprint density at radius 1 is 1.21 bits per heavy atom. The normalized spacial score (nSPS) is 14.9. The zero-order chi connectivity index (χ0) is 33.9. The summed E-state index contributed by atoms with van der Waals surface area (Å²) in [7, 11) is -2.63. The Morgan fingerprint density at radius 2 is 2.02 bits per heavy atom. The number of hydrogen-bond donors (Lipinski definition) is 6. The Bertz CT molecular complexity index is 1610. The molecule has 0 saturated carbocycles. The van der Waals surface area contributed by atoms with Gasteiger partial charge in [0, 0.05) is 59.1 Å². The van der Waals surface area contributed by atoms with E-state index in [2.05, 4.69) is 25.6 Å². The number of aliphatic hydroxyl groups excluding tert-OH is 1. The number of halogens is 1. The molecule has 12 nitrogen and oxygen atoms in total. The predicted molar refractivity (Wildman–Crippen MR) is 176 cm³/mol. The number of aryl methyl sites for hydroxylation is 1. The van der Waals surface area contributed by atoms with Crippen LogP contribution in [-0.2, 0) is 41.0 Å². The van der Waals surface area contributed by atoms with Crippen molar-refractivity contribution in [1.29, 1.82) is 0 Å². The van der Waals surface area contributed by atoms with Gasteiger partial charge in [-0.1, -0.05) is 6.42 Å². The second-order valence-corrected chi connectivity index (χ2v) is 13.0. The van der Waals surface area contributed by atoms with Crippen LogP contribution >= 0.6 is 19.6 Å². The molecule has 6 N–H and O–H groups in total. The van der Waals surface area contributed by atoms with Crippen molar-refractivity contribution in [2.45, 2.75) is 58.4 Å². The molecule has 0 spiro atoms. The van der Waals surface area contributed by atoms with E-state index in [-0.39, 0.29) is 43.3 Å². The maximum Gasteiger partial charge on any atom is 0.728 e. The highest BCUT2D eigenvalue weighted by atomic mass is 32.1. The number of anilines is 1. The first-order valence-corrected chi connectivity index (χ1v) is 17.2. The number of benzene rings is 1. The number of unbranched alkanes of at least 4 members (excludes halogenated alkanes) is 1. The molecule has 1 aliphatic rings. The quantitative estimate of drug-likeness (QED) is 0.0353. The van der Waals surface area contributed by atoms with E-state index in [1.165, 1.54) is 29.5 Å². The molecule has 2 aromatic heterocycles. The van der Waals surface area contributed by atoms with Gasteiger partial charge in [0.05, 0.1) is 10.2 Å². The van der Waals surface area contributed by atoms with Gasteiger partial charge in [-0.25, -0.2) is 9.65 Å². The number of aromatic amines is 1. The average Bonchev–Trinajstić information content (AvgIpc) is 3.74. The number of carbonyl (C=O) groups is 3. The second kappa shape index (κ2) is 17.4. The third-order valence-corrected chi connectivity index (χ3v) is 9.26. The summed E-state index contributed by atoms with van der Waals surface area (Å²) in [5.74, 6) is -1.64. The lowest BCUT2D eigenvalue weighted by molar-refractivity contribution is -0.142. The van der Waals surface area contributed by atoms with Crippen LogP contribution in [0.25, 0.3) is 11.6 Å². The fourth-order valence-corrected chi connectivity index (χ4v) is 6.51. The zero-order valence-electron chi connectivity index (χ0n) is 26.1. The highest BCUT2D eigenvalue weighted by molar-refractivity contribution is 7.33. The third-order valence-electron chi connectivity index (χ3n) is 8.04. The van der Waals surface area contributed by atoms with Crippen LogP contribution in [0, 0.1) is 25.6 Å². The molecule has 0 bridgehead atoms. The summed E-state index contributed by atoms with van der Waals surface area (Å²) in [6, 6.07) is 5.28. The third kappa shape index (κ3) is 10.1. The van der Waals surface area contributed by atoms with Crippen LogP contribution in [0.3, 0.4) is 0 Å². The summed E-state index contributed by atoms with van der Waals surface area (Å²) in [5.41, 5.74) is 5.66. The van der Waals surface area contributed by atoms with Crippen molar-refractivity contribution in [2.75, 3.05) is 25.1 Å². The lowest BCUT2D eigenvalue weighted by atomic mass is 10.0. The first-order valence-electron chi connectivity index (χ1n) is 15.2. The Labute approximate surface area is 276 Å². The molecular formula is C32H39FN4O8PS+. The van der Waals surface area contributed by atoms with Gasteiger partial charge in [-0.05, 0) is 90.9 Å². The molecule has 3 aromatic rings. The van der Waals surface area contributed by atoms with E-state index < -0.39 is 20.1 Å². The summed E-state index contributed by atoms with van der Waals surface area (Å²) in [6.45, 7) is 3.91. The molecule has 0 fully saturated rings.